The summed E-state index contributed by atoms with van der Waals surface area (Å²) in [6.07, 6.45) is 3.66. The molecule has 2 aromatic rings. The van der Waals surface area contributed by atoms with Crippen LogP contribution in [0.5, 0.6) is 0 Å². The van der Waals surface area contributed by atoms with Crippen molar-refractivity contribution in [2.75, 3.05) is 19.6 Å². The van der Waals surface area contributed by atoms with E-state index in [1.807, 2.05) is 35.2 Å². The van der Waals surface area contributed by atoms with Crippen molar-refractivity contribution in [1.29, 1.82) is 0 Å². The molecule has 174 valence electrons. The minimum Gasteiger partial charge on any atom is -0.457 e. The average molecular weight is 469 g/mol. The monoisotopic (exact) mass is 468 g/mol. The van der Waals surface area contributed by atoms with Crippen molar-refractivity contribution in [2.45, 2.75) is 50.7 Å². The Morgan fingerprint density at radius 3 is 2.36 bits per heavy atom. The number of carbonyl (C=O) groups excluding carboxylic acids is 3. The summed E-state index contributed by atoms with van der Waals surface area (Å²) in [6, 6.07) is 16.0. The number of ether oxygens (including phenoxy) is 1. The van der Waals surface area contributed by atoms with Gasteiger partial charge in [-0.25, -0.2) is 4.79 Å². The molecule has 0 N–H and O–H groups in total. The van der Waals surface area contributed by atoms with Crippen LogP contribution in [0.25, 0.3) is 0 Å². The second-order valence-corrected chi connectivity index (χ2v) is 9.14. The molecule has 0 unspecified atom stereocenters. The predicted octanol–water partition coefficient (Wildman–Crippen LogP) is 4.11. The van der Waals surface area contributed by atoms with Crippen LogP contribution in [-0.2, 0) is 20.7 Å². The standard InChI is InChI=1S/C26H29ClN2O4/c27-21-13-11-20(12-14-21)26(32)33-22-17-23(25(31)28-15-4-5-16-28)29(18-22)24(30)10-6-9-19-7-2-1-3-8-19/h1-3,7-8,11-14,22-23H,4-6,9-10,15-18H2/t22-,23-/m0/s1. The molecule has 2 aliphatic rings. The normalized spacial score (nSPS) is 20.2. The van der Waals surface area contributed by atoms with Gasteiger partial charge in [0, 0.05) is 31.0 Å². The lowest BCUT2D eigenvalue weighted by Crippen LogP contribution is -2.46. The van der Waals surface area contributed by atoms with Crippen molar-refractivity contribution in [3.63, 3.8) is 0 Å². The number of likely N-dealkylation sites (tertiary alicyclic amines) is 2. The maximum Gasteiger partial charge on any atom is 0.338 e. The van der Waals surface area contributed by atoms with Crippen LogP contribution in [0.3, 0.4) is 0 Å². The van der Waals surface area contributed by atoms with Gasteiger partial charge in [-0.2, -0.15) is 0 Å². The lowest BCUT2D eigenvalue weighted by molar-refractivity contribution is -0.143. The third kappa shape index (κ3) is 5.93. The predicted molar refractivity (Wildman–Crippen MR) is 126 cm³/mol. The highest BCUT2D eigenvalue weighted by atomic mass is 35.5. The van der Waals surface area contributed by atoms with Crippen LogP contribution in [0.2, 0.25) is 5.02 Å². The summed E-state index contributed by atoms with van der Waals surface area (Å²) in [6.45, 7) is 1.69. The SMILES string of the molecule is O=C(O[C@H]1C[C@@H](C(=O)N2CCCC2)N(C(=O)CCCc2ccccc2)C1)c1ccc(Cl)cc1. The number of esters is 1. The van der Waals surface area contributed by atoms with Crippen molar-refractivity contribution in [3.05, 3.63) is 70.7 Å². The smallest absolute Gasteiger partial charge is 0.338 e. The Hall–Kier alpha value is -2.86. The third-order valence-electron chi connectivity index (χ3n) is 6.34. The molecule has 0 aliphatic carbocycles. The molecule has 0 spiro atoms. The molecule has 0 radical (unpaired) electrons. The van der Waals surface area contributed by atoms with Crippen molar-refractivity contribution < 1.29 is 19.1 Å². The Kier molecular flexibility index (Phi) is 7.65. The lowest BCUT2D eigenvalue weighted by Gasteiger charge is -2.27. The summed E-state index contributed by atoms with van der Waals surface area (Å²) in [5.41, 5.74) is 1.58. The molecule has 33 heavy (non-hydrogen) atoms. The van der Waals surface area contributed by atoms with E-state index in [2.05, 4.69) is 0 Å². The molecule has 6 nitrogen and oxygen atoms in total. The molecule has 4 rings (SSSR count). The largest absolute Gasteiger partial charge is 0.457 e. The minimum atomic E-state index is -0.574. The first-order valence-electron chi connectivity index (χ1n) is 11.6. The van der Waals surface area contributed by atoms with Gasteiger partial charge in [0.1, 0.15) is 12.1 Å². The highest BCUT2D eigenvalue weighted by Gasteiger charge is 2.43. The summed E-state index contributed by atoms with van der Waals surface area (Å²) in [5.74, 6) is -0.565. The highest BCUT2D eigenvalue weighted by Crippen LogP contribution is 2.26. The van der Waals surface area contributed by atoms with E-state index in [4.69, 9.17) is 16.3 Å². The first kappa shape index (κ1) is 23.3. The number of halogens is 1. The van der Waals surface area contributed by atoms with Crippen molar-refractivity contribution in [1.82, 2.24) is 9.80 Å². The number of amides is 2. The van der Waals surface area contributed by atoms with Gasteiger partial charge in [0.05, 0.1) is 12.1 Å². The first-order valence-corrected chi connectivity index (χ1v) is 12.0. The van der Waals surface area contributed by atoms with E-state index < -0.39 is 18.1 Å². The molecule has 2 atom stereocenters. The zero-order chi connectivity index (χ0) is 23.2. The minimum absolute atomic E-state index is 0.0334. The van der Waals surface area contributed by atoms with Gasteiger partial charge in [-0.1, -0.05) is 41.9 Å². The van der Waals surface area contributed by atoms with Crippen LogP contribution >= 0.6 is 11.6 Å². The van der Waals surface area contributed by atoms with Gasteiger partial charge in [-0.3, -0.25) is 9.59 Å². The molecule has 0 aromatic heterocycles. The number of nitrogens with zero attached hydrogens (tertiary/aromatic N) is 2. The summed E-state index contributed by atoms with van der Waals surface area (Å²) in [4.78, 5) is 42.3. The Labute approximate surface area is 199 Å². The van der Waals surface area contributed by atoms with E-state index in [0.29, 0.717) is 29.8 Å². The molecule has 2 aliphatic heterocycles. The van der Waals surface area contributed by atoms with Crippen LogP contribution in [-0.4, -0.2) is 59.4 Å². The summed E-state index contributed by atoms with van der Waals surface area (Å²) in [7, 11) is 0. The second kappa shape index (κ2) is 10.8. The van der Waals surface area contributed by atoms with E-state index in [9.17, 15) is 14.4 Å². The topological polar surface area (TPSA) is 66.9 Å². The van der Waals surface area contributed by atoms with Gasteiger partial charge in [0.25, 0.3) is 0 Å². The molecule has 0 saturated carbocycles. The Balaban J connectivity index is 1.40. The second-order valence-electron chi connectivity index (χ2n) is 8.70. The number of rotatable bonds is 7. The molecular formula is C26H29ClN2O4. The zero-order valence-electron chi connectivity index (χ0n) is 18.6. The maximum absolute atomic E-state index is 13.2. The third-order valence-corrected chi connectivity index (χ3v) is 6.59. The fourth-order valence-electron chi connectivity index (χ4n) is 4.58. The summed E-state index contributed by atoms with van der Waals surface area (Å²) in [5, 5.41) is 0.538. The Bertz CT molecular complexity index is 974. The van der Waals surface area contributed by atoms with Crippen LogP contribution in [0.1, 0.15) is 48.0 Å². The molecule has 2 saturated heterocycles. The fourth-order valence-corrected chi connectivity index (χ4v) is 4.70. The van der Waals surface area contributed by atoms with Crippen molar-refractivity contribution in [2.24, 2.45) is 0 Å². The fraction of sp³-hybridized carbons (Fsp3) is 0.423. The maximum atomic E-state index is 13.2. The number of hydrogen-bond acceptors (Lipinski definition) is 4. The lowest BCUT2D eigenvalue weighted by atomic mass is 10.1. The molecule has 2 amide bonds. The number of aryl methyl sites for hydroxylation is 1. The van der Waals surface area contributed by atoms with E-state index >= 15 is 0 Å². The van der Waals surface area contributed by atoms with Crippen LogP contribution in [0.4, 0.5) is 0 Å². The molecular weight excluding hydrogens is 440 g/mol. The molecule has 7 heteroatoms. The summed E-state index contributed by atoms with van der Waals surface area (Å²) < 4.78 is 5.69. The quantitative estimate of drug-likeness (QED) is 0.573. The van der Waals surface area contributed by atoms with Crippen LogP contribution in [0, 0.1) is 0 Å². The van der Waals surface area contributed by atoms with Crippen LogP contribution < -0.4 is 0 Å². The van der Waals surface area contributed by atoms with Gasteiger partial charge >= 0.3 is 5.97 Å². The number of hydrogen-bond donors (Lipinski definition) is 0. The number of benzene rings is 2. The van der Waals surface area contributed by atoms with Gasteiger partial charge in [0.15, 0.2) is 0 Å². The zero-order valence-corrected chi connectivity index (χ0v) is 19.4. The van der Waals surface area contributed by atoms with E-state index in [1.165, 1.54) is 5.56 Å². The van der Waals surface area contributed by atoms with Gasteiger partial charge in [-0.15, -0.1) is 0 Å². The van der Waals surface area contributed by atoms with Crippen molar-refractivity contribution >= 4 is 29.4 Å². The Morgan fingerprint density at radius 2 is 1.67 bits per heavy atom. The van der Waals surface area contributed by atoms with Crippen molar-refractivity contribution in [3.8, 4) is 0 Å². The van der Waals surface area contributed by atoms with Crippen LogP contribution in [0.15, 0.2) is 54.6 Å². The molecule has 2 aromatic carbocycles. The Morgan fingerprint density at radius 1 is 0.970 bits per heavy atom. The molecule has 2 heterocycles. The van der Waals surface area contributed by atoms with Gasteiger partial charge < -0.3 is 14.5 Å². The number of carbonyl (C=O) groups is 3. The highest BCUT2D eigenvalue weighted by molar-refractivity contribution is 6.30. The van der Waals surface area contributed by atoms with E-state index in [-0.39, 0.29) is 18.4 Å². The van der Waals surface area contributed by atoms with Gasteiger partial charge in [-0.05, 0) is 55.5 Å². The van der Waals surface area contributed by atoms with E-state index in [1.54, 1.807) is 29.2 Å². The van der Waals surface area contributed by atoms with E-state index in [0.717, 1.165) is 32.4 Å². The van der Waals surface area contributed by atoms with Gasteiger partial charge in [0.2, 0.25) is 11.8 Å². The molecule has 2 fully saturated rings. The average Bonchev–Trinajstić information content (AvgIpc) is 3.50. The summed E-state index contributed by atoms with van der Waals surface area (Å²) >= 11 is 5.90. The molecule has 0 bridgehead atoms. The first-order chi connectivity index (χ1) is 16.0.